The fourth-order valence-electron chi connectivity index (χ4n) is 13.5. The van der Waals surface area contributed by atoms with Crippen LogP contribution in [0.1, 0.15) is 66.4 Å². The van der Waals surface area contributed by atoms with Crippen LogP contribution >= 0.6 is 0 Å². The van der Waals surface area contributed by atoms with Crippen molar-refractivity contribution in [3.8, 4) is 0 Å². The van der Waals surface area contributed by atoms with E-state index in [1.165, 1.54) is 0 Å². The molecule has 80 heavy (non-hydrogen) atoms. The zero-order valence-corrected chi connectivity index (χ0v) is 44.6. The molecule has 382 valence electrons. The van der Waals surface area contributed by atoms with Crippen molar-refractivity contribution < 1.29 is 22.5 Å². The minimum Gasteiger partial charge on any atom is -0.454 e. The summed E-state index contributed by atoms with van der Waals surface area (Å²) < 4.78 is 110. The second kappa shape index (κ2) is 15.9. The van der Waals surface area contributed by atoms with Gasteiger partial charge in [0.05, 0.1) is 69.6 Å². The molecule has 0 saturated carbocycles. The van der Waals surface area contributed by atoms with Gasteiger partial charge in [-0.3, -0.25) is 0 Å². The Morgan fingerprint density at radius 1 is 0.338 bits per heavy atom. The van der Waals surface area contributed by atoms with Crippen molar-refractivity contribution in [2.45, 2.75) is 52.4 Å². The molecule has 0 radical (unpaired) electrons. The third kappa shape index (κ3) is 6.02. The van der Waals surface area contributed by atoms with E-state index in [-0.39, 0.29) is 46.4 Å². The molecule has 0 fully saturated rings. The maximum atomic E-state index is 9.55. The smallest absolute Gasteiger partial charge is 0.159 e. The van der Waals surface area contributed by atoms with Gasteiger partial charge in [-0.05, 0) is 83.5 Å². The highest BCUT2D eigenvalue weighted by atomic mass is 16.3. The first-order chi connectivity index (χ1) is 43.1. The number of para-hydroxylation sites is 8. The number of anilines is 6. The summed E-state index contributed by atoms with van der Waals surface area (Å²) in [6.45, 7) is 12.9. The van der Waals surface area contributed by atoms with E-state index >= 15 is 0 Å². The molecule has 0 spiro atoms. The molecule has 0 aliphatic rings. The first-order valence-corrected chi connectivity index (χ1v) is 27.1. The summed E-state index contributed by atoms with van der Waals surface area (Å²) in [4.78, 5) is 3.61. The molecule has 6 heterocycles. The highest BCUT2D eigenvalue weighted by molar-refractivity contribution is 6.31. The lowest BCUT2D eigenvalue weighted by Crippen LogP contribution is -2.11. The molecule has 0 N–H and O–H groups in total. The largest absolute Gasteiger partial charge is 0.454 e. The molecule has 17 rings (SSSR count). The molecule has 0 aliphatic carbocycles. The normalized spacial score (nSPS) is 14.6. The van der Waals surface area contributed by atoms with Gasteiger partial charge in [-0.15, -0.1) is 0 Å². The summed E-state index contributed by atoms with van der Waals surface area (Å²) in [5.41, 5.74) is 11.7. The molecule has 17 aromatic rings. The molecule has 6 nitrogen and oxygen atoms in total. The number of hydrogen-bond donors (Lipinski definition) is 0. The topological polar surface area (TPSA) is 41.6 Å². The van der Waals surface area contributed by atoms with Crippen molar-refractivity contribution in [2.24, 2.45) is 0 Å². The van der Waals surface area contributed by atoms with E-state index in [1.807, 2.05) is 97.1 Å². The predicted octanol–water partition coefficient (Wildman–Crippen LogP) is 21.3. The lowest BCUT2D eigenvalue weighted by molar-refractivity contribution is 0.572. The summed E-state index contributed by atoms with van der Waals surface area (Å²) in [6, 6.07) is 48.9. The fraction of sp³-hybridized carbons (Fsp3) is 0.108. The Bertz CT molecular complexity index is 5620. The lowest BCUT2D eigenvalue weighted by atomic mass is 9.86. The van der Waals surface area contributed by atoms with Crippen LogP contribution in [-0.2, 0) is 10.8 Å². The van der Waals surface area contributed by atoms with Crippen LogP contribution in [0.25, 0.3) is 120 Å². The van der Waals surface area contributed by atoms with E-state index in [0.717, 1.165) is 120 Å². The second-order valence-corrected chi connectivity index (χ2v) is 23.3. The second-order valence-electron chi connectivity index (χ2n) is 23.3. The van der Waals surface area contributed by atoms with Gasteiger partial charge in [0.2, 0.25) is 0 Å². The number of benzene rings is 11. The summed E-state index contributed by atoms with van der Waals surface area (Å²) in [7, 11) is 0. The van der Waals surface area contributed by atoms with Crippen molar-refractivity contribution in [1.82, 2.24) is 8.80 Å². The van der Waals surface area contributed by atoms with Crippen LogP contribution in [0.5, 0.6) is 0 Å². The van der Waals surface area contributed by atoms with E-state index in [1.54, 1.807) is 9.80 Å². The van der Waals surface area contributed by atoms with Gasteiger partial charge in [-0.25, -0.2) is 0 Å². The van der Waals surface area contributed by atoms with Crippen LogP contribution in [0.3, 0.4) is 0 Å². The van der Waals surface area contributed by atoms with E-state index in [4.69, 9.17) is 17.1 Å². The Morgan fingerprint density at radius 3 is 1.09 bits per heavy atom. The van der Waals surface area contributed by atoms with Crippen molar-refractivity contribution in [2.75, 3.05) is 9.80 Å². The maximum absolute atomic E-state index is 9.55. The molecule has 0 bridgehead atoms. The molecule has 0 amide bonds. The third-order valence-corrected chi connectivity index (χ3v) is 16.8. The van der Waals surface area contributed by atoms with Crippen molar-refractivity contribution in [1.29, 1.82) is 0 Å². The quantitative estimate of drug-likeness (QED) is 0.166. The Labute approximate surface area is 475 Å². The van der Waals surface area contributed by atoms with Crippen LogP contribution < -0.4 is 9.80 Å². The third-order valence-electron chi connectivity index (χ3n) is 16.8. The van der Waals surface area contributed by atoms with E-state index < -0.39 is 36.3 Å². The molecule has 0 saturated heterocycles. The standard InChI is InChI=1S/C74H54N4O2/c1-73(2,3)55-33-15-27-47-49-29-17-39-61(71(49)79-69(47)55)75(43-21-9-7-10-22-43)57-35-19-37-59-65(57)51-31-13-25-45-53-42-64-54(41-63(53)77(59)67(45)51)46-26-14-32-52-66-58(36-20-38-60(66)78(64)68(46)52)76(44-23-11-8-12-24-44)62-40-18-30-50-48-28-16-34-56(74(4,5)6)70(48)80-72(50)62/h7-42H,1-6H3/i7D,8D,9D,10D,11D,12D,21D,22D,23D,24D. The maximum Gasteiger partial charge on any atom is 0.159 e. The Balaban J connectivity index is 0.930. The molecular formula is C74H54N4O2. The molecule has 0 unspecified atom stereocenters. The SMILES string of the molecule is [2H]c1c([2H])c([2H])c(N(c2cccc3c2oc2c(C(C)(C)C)cccc23)c2cccc3c2c2cccc4c5cc6c(cc5n3c42)c2cccc3c4c(N(c5c([2H])c([2H])c([2H])c([2H])c5[2H])c5cccc7c5oc5c(C(C)(C)C)cccc57)cccc4n6c23)c([2H])c1[2H]. The van der Waals surface area contributed by atoms with Crippen molar-refractivity contribution >= 4 is 154 Å². The summed E-state index contributed by atoms with van der Waals surface area (Å²) in [5.74, 6) is 0. The summed E-state index contributed by atoms with van der Waals surface area (Å²) in [6.07, 6.45) is 0. The van der Waals surface area contributed by atoms with Crippen molar-refractivity contribution in [3.05, 3.63) is 229 Å². The van der Waals surface area contributed by atoms with Crippen molar-refractivity contribution in [3.63, 3.8) is 0 Å². The zero-order valence-electron chi connectivity index (χ0n) is 54.6. The van der Waals surface area contributed by atoms with E-state index in [9.17, 15) is 5.48 Å². The average molecular weight is 1040 g/mol. The van der Waals surface area contributed by atoms with Gasteiger partial charge in [-0.1, -0.05) is 187 Å². The van der Waals surface area contributed by atoms with Crippen LogP contribution in [-0.4, -0.2) is 8.80 Å². The molecular weight excluding hydrogens is 977 g/mol. The number of aromatic nitrogens is 2. The number of nitrogens with zero attached hydrogens (tertiary/aromatic N) is 4. The first-order valence-electron chi connectivity index (χ1n) is 32.1. The van der Waals surface area contributed by atoms with Gasteiger partial charge >= 0.3 is 0 Å². The molecule has 11 aromatic carbocycles. The Kier molecular flexibility index (Phi) is 7.23. The van der Waals surface area contributed by atoms with E-state index in [0.29, 0.717) is 33.9 Å². The predicted molar refractivity (Wildman–Crippen MR) is 337 cm³/mol. The Hall–Kier alpha value is -9.78. The average Bonchev–Trinajstić information content (AvgIpc) is 1.52. The van der Waals surface area contributed by atoms with Gasteiger partial charge in [0.25, 0.3) is 0 Å². The number of rotatable bonds is 6. The summed E-state index contributed by atoms with van der Waals surface area (Å²) in [5, 5.41) is 10.9. The number of furan rings is 2. The lowest BCUT2D eigenvalue weighted by Gasteiger charge is -2.26. The molecule has 0 atom stereocenters. The van der Waals surface area contributed by atoms with Crippen LogP contribution in [0.4, 0.5) is 34.1 Å². The molecule has 0 aliphatic heterocycles. The van der Waals surface area contributed by atoms with Gasteiger partial charge in [0, 0.05) is 87.1 Å². The van der Waals surface area contributed by atoms with Gasteiger partial charge in [0.1, 0.15) is 11.2 Å². The zero-order chi connectivity index (χ0) is 62.2. The minimum atomic E-state index is -0.485. The molecule has 6 heteroatoms. The highest BCUT2D eigenvalue weighted by Crippen LogP contribution is 2.53. The monoisotopic (exact) mass is 1040 g/mol. The van der Waals surface area contributed by atoms with Gasteiger partial charge < -0.3 is 27.4 Å². The van der Waals surface area contributed by atoms with E-state index in [2.05, 4.69) is 111 Å². The first kappa shape index (κ1) is 36.3. The van der Waals surface area contributed by atoms with Gasteiger partial charge in [0.15, 0.2) is 11.2 Å². The van der Waals surface area contributed by atoms with Crippen LogP contribution in [0.2, 0.25) is 0 Å². The molecule has 6 aromatic heterocycles. The number of fused-ring (bicyclic) bond motifs is 18. The number of hydrogen-bond acceptors (Lipinski definition) is 4. The Morgan fingerprint density at radius 2 is 0.675 bits per heavy atom. The fourth-order valence-corrected chi connectivity index (χ4v) is 13.5. The summed E-state index contributed by atoms with van der Waals surface area (Å²) >= 11 is 0. The van der Waals surface area contributed by atoms with Crippen LogP contribution in [0, 0.1) is 0 Å². The van der Waals surface area contributed by atoms with Crippen LogP contribution in [0.15, 0.2) is 227 Å². The van der Waals surface area contributed by atoms with Gasteiger partial charge in [-0.2, -0.15) is 0 Å². The highest BCUT2D eigenvalue weighted by Gasteiger charge is 2.30. The minimum absolute atomic E-state index is 0.00654.